The van der Waals surface area contributed by atoms with Crippen LogP contribution in [0.2, 0.25) is 0 Å². The summed E-state index contributed by atoms with van der Waals surface area (Å²) in [4.78, 5) is 42.5. The molecule has 0 aliphatic heterocycles. The lowest BCUT2D eigenvalue weighted by Crippen LogP contribution is -2.53. The van der Waals surface area contributed by atoms with E-state index >= 15 is 0 Å². The third-order valence-electron chi connectivity index (χ3n) is 6.71. The number of nitrogens with zero attached hydrogens (tertiary/aromatic N) is 1. The molecule has 0 saturated heterocycles. The topological polar surface area (TPSA) is 87.7 Å². The number of rotatable bonds is 9. The van der Waals surface area contributed by atoms with Crippen molar-refractivity contribution in [2.75, 3.05) is 11.9 Å². The van der Waals surface area contributed by atoms with Crippen molar-refractivity contribution >= 4 is 23.6 Å². The summed E-state index contributed by atoms with van der Waals surface area (Å²) in [5.74, 6) is -0.705. The number of hydrogen-bond donors (Lipinski definition) is 2. The second-order valence-corrected chi connectivity index (χ2v) is 11.1. The van der Waals surface area contributed by atoms with E-state index in [1.165, 1.54) is 4.90 Å². The summed E-state index contributed by atoms with van der Waals surface area (Å²) in [6, 6.07) is 20.9. The van der Waals surface area contributed by atoms with Gasteiger partial charge in [0.2, 0.25) is 5.91 Å². The van der Waals surface area contributed by atoms with Gasteiger partial charge in [-0.3, -0.25) is 9.59 Å². The van der Waals surface area contributed by atoms with Crippen molar-refractivity contribution in [1.29, 1.82) is 0 Å². The predicted octanol–water partition coefficient (Wildman–Crippen LogP) is 6.28. The van der Waals surface area contributed by atoms with Crippen molar-refractivity contribution < 1.29 is 19.1 Å². The SMILES string of the molecule is CCN(C(=O)C(Cc1ccccc1)NC(=O)OC(C)(C)C)C(C(=O)Nc1ccccc1C)c1ccc(C)c(C)c1. The van der Waals surface area contributed by atoms with Gasteiger partial charge in [-0.05, 0) is 82.3 Å². The van der Waals surface area contributed by atoms with Gasteiger partial charge in [-0.25, -0.2) is 4.79 Å². The first-order valence-electron chi connectivity index (χ1n) is 13.7. The summed E-state index contributed by atoms with van der Waals surface area (Å²) in [5, 5.41) is 5.81. The quantitative estimate of drug-likeness (QED) is 0.333. The van der Waals surface area contributed by atoms with E-state index in [0.29, 0.717) is 11.3 Å². The predicted molar refractivity (Wildman–Crippen MR) is 159 cm³/mol. The molecule has 0 saturated carbocycles. The highest BCUT2D eigenvalue weighted by atomic mass is 16.6. The Morgan fingerprint density at radius 1 is 0.850 bits per heavy atom. The van der Waals surface area contributed by atoms with Gasteiger partial charge in [0.25, 0.3) is 5.91 Å². The van der Waals surface area contributed by atoms with Gasteiger partial charge in [0.1, 0.15) is 17.7 Å². The zero-order chi connectivity index (χ0) is 29.4. The average Bonchev–Trinajstić information content (AvgIpc) is 2.89. The summed E-state index contributed by atoms with van der Waals surface area (Å²) in [5.41, 5.74) is 4.53. The molecule has 0 heterocycles. The summed E-state index contributed by atoms with van der Waals surface area (Å²) < 4.78 is 5.48. The van der Waals surface area contributed by atoms with Gasteiger partial charge in [0.05, 0.1) is 0 Å². The first-order chi connectivity index (χ1) is 18.9. The number of carbonyl (C=O) groups excluding carboxylic acids is 3. The third-order valence-corrected chi connectivity index (χ3v) is 6.71. The van der Waals surface area contributed by atoms with E-state index in [1.54, 1.807) is 20.8 Å². The Labute approximate surface area is 237 Å². The maximum absolute atomic E-state index is 14.2. The van der Waals surface area contributed by atoms with Crippen molar-refractivity contribution in [3.8, 4) is 0 Å². The van der Waals surface area contributed by atoms with Crippen LogP contribution in [0.5, 0.6) is 0 Å². The summed E-state index contributed by atoms with van der Waals surface area (Å²) in [7, 11) is 0. The zero-order valence-electron chi connectivity index (χ0n) is 24.6. The smallest absolute Gasteiger partial charge is 0.408 e. The molecule has 0 fully saturated rings. The average molecular weight is 544 g/mol. The molecule has 3 aromatic carbocycles. The molecule has 212 valence electrons. The highest BCUT2D eigenvalue weighted by Gasteiger charge is 2.36. The van der Waals surface area contributed by atoms with Gasteiger partial charge in [-0.1, -0.05) is 66.7 Å². The van der Waals surface area contributed by atoms with E-state index < -0.39 is 23.8 Å². The molecule has 0 spiro atoms. The van der Waals surface area contributed by atoms with Crippen molar-refractivity contribution in [1.82, 2.24) is 10.2 Å². The fraction of sp³-hybridized carbons (Fsp3) is 0.364. The number of aryl methyl sites for hydroxylation is 3. The molecule has 2 atom stereocenters. The molecule has 2 N–H and O–H groups in total. The Hall–Kier alpha value is -4.13. The maximum Gasteiger partial charge on any atom is 0.408 e. The van der Waals surface area contributed by atoms with E-state index in [-0.39, 0.29) is 24.8 Å². The summed E-state index contributed by atoms with van der Waals surface area (Å²) in [6.07, 6.45) is -0.445. The molecule has 0 bridgehead atoms. The standard InChI is InChI=1S/C33H41N3O4/c1-8-36(31(38)28(21-25-15-10-9-11-16-25)35-32(39)40-33(5,6)7)29(26-19-18-22(2)24(4)20-26)30(37)34-27-17-13-12-14-23(27)3/h9-20,28-29H,8,21H2,1-7H3,(H,34,37)(H,35,39). The van der Waals surface area contributed by atoms with Crippen molar-refractivity contribution in [2.45, 2.75) is 72.6 Å². The van der Waals surface area contributed by atoms with Crippen molar-refractivity contribution in [2.24, 2.45) is 0 Å². The number of likely N-dealkylation sites (N-methyl/N-ethyl adjacent to an activating group) is 1. The van der Waals surface area contributed by atoms with E-state index in [9.17, 15) is 14.4 Å². The molecule has 0 aromatic heterocycles. The van der Waals surface area contributed by atoms with Crippen LogP contribution >= 0.6 is 0 Å². The molecule has 0 radical (unpaired) electrons. The zero-order valence-corrected chi connectivity index (χ0v) is 24.6. The van der Waals surface area contributed by atoms with E-state index in [4.69, 9.17) is 4.74 Å². The van der Waals surface area contributed by atoms with Gasteiger partial charge in [0, 0.05) is 18.7 Å². The fourth-order valence-electron chi connectivity index (χ4n) is 4.49. The first-order valence-corrected chi connectivity index (χ1v) is 13.7. The summed E-state index contributed by atoms with van der Waals surface area (Å²) >= 11 is 0. The minimum absolute atomic E-state index is 0.245. The molecule has 0 aliphatic rings. The van der Waals surface area contributed by atoms with Crippen LogP contribution in [0.3, 0.4) is 0 Å². The second-order valence-electron chi connectivity index (χ2n) is 11.1. The third kappa shape index (κ3) is 8.18. The molecular weight excluding hydrogens is 502 g/mol. The van der Waals surface area contributed by atoms with Crippen LogP contribution in [0.15, 0.2) is 72.8 Å². The largest absolute Gasteiger partial charge is 0.444 e. The monoisotopic (exact) mass is 543 g/mol. The number of alkyl carbamates (subject to hydrolysis) is 1. The van der Waals surface area contributed by atoms with Crippen LogP contribution < -0.4 is 10.6 Å². The Kier molecular flexibility index (Phi) is 10.1. The molecule has 7 heteroatoms. The lowest BCUT2D eigenvalue weighted by molar-refractivity contribution is -0.140. The molecule has 3 aromatic rings. The number of anilines is 1. The van der Waals surface area contributed by atoms with Gasteiger partial charge in [-0.2, -0.15) is 0 Å². The molecule has 3 rings (SSSR count). The van der Waals surface area contributed by atoms with Crippen LogP contribution in [-0.2, 0) is 20.7 Å². The number of hydrogen-bond acceptors (Lipinski definition) is 4. The van der Waals surface area contributed by atoms with Gasteiger partial charge in [0.15, 0.2) is 0 Å². The Morgan fingerprint density at radius 2 is 1.50 bits per heavy atom. The van der Waals surface area contributed by atoms with Gasteiger partial charge >= 0.3 is 6.09 Å². The van der Waals surface area contributed by atoms with Crippen LogP contribution in [0.25, 0.3) is 0 Å². The Balaban J connectivity index is 2.03. The Bertz CT molecular complexity index is 1330. The number of carbonyl (C=O) groups is 3. The first kappa shape index (κ1) is 30.4. The van der Waals surface area contributed by atoms with E-state index in [1.807, 2.05) is 100 Å². The molecule has 0 aliphatic carbocycles. The molecular formula is C33H41N3O4. The van der Waals surface area contributed by atoms with Crippen LogP contribution in [0.4, 0.5) is 10.5 Å². The molecule has 40 heavy (non-hydrogen) atoms. The lowest BCUT2D eigenvalue weighted by atomic mass is 9.97. The van der Waals surface area contributed by atoms with Gasteiger partial charge < -0.3 is 20.3 Å². The lowest BCUT2D eigenvalue weighted by Gasteiger charge is -2.34. The van der Waals surface area contributed by atoms with Crippen molar-refractivity contribution in [3.05, 3.63) is 101 Å². The number of nitrogens with one attached hydrogen (secondary N) is 2. The minimum atomic E-state index is -0.947. The normalized spacial score (nSPS) is 12.7. The molecule has 7 nitrogen and oxygen atoms in total. The molecule has 2 unspecified atom stereocenters. The minimum Gasteiger partial charge on any atom is -0.444 e. The number of para-hydroxylation sites is 1. The van der Waals surface area contributed by atoms with Crippen molar-refractivity contribution in [3.63, 3.8) is 0 Å². The molecule has 3 amide bonds. The summed E-state index contributed by atoms with van der Waals surface area (Å²) in [6.45, 7) is 13.3. The number of ether oxygens (including phenoxy) is 1. The van der Waals surface area contributed by atoms with E-state index in [2.05, 4.69) is 10.6 Å². The highest BCUT2D eigenvalue weighted by Crippen LogP contribution is 2.27. The number of benzene rings is 3. The Morgan fingerprint density at radius 3 is 2.10 bits per heavy atom. The maximum atomic E-state index is 14.2. The second kappa shape index (κ2) is 13.3. The van der Waals surface area contributed by atoms with Crippen LogP contribution in [0.1, 0.15) is 61.6 Å². The van der Waals surface area contributed by atoms with Crippen LogP contribution in [-0.4, -0.2) is 41.0 Å². The number of amides is 3. The van der Waals surface area contributed by atoms with Crippen LogP contribution in [0, 0.1) is 20.8 Å². The van der Waals surface area contributed by atoms with Gasteiger partial charge in [-0.15, -0.1) is 0 Å². The fourth-order valence-corrected chi connectivity index (χ4v) is 4.49. The highest BCUT2D eigenvalue weighted by molar-refractivity contribution is 5.99. The van der Waals surface area contributed by atoms with E-state index in [0.717, 1.165) is 22.3 Å².